The molecule has 118 valence electrons. The molecule has 0 bridgehead atoms. The topological polar surface area (TPSA) is 60.2 Å². The lowest BCUT2D eigenvalue weighted by atomic mass is 9.75. The van der Waals surface area contributed by atoms with Gasteiger partial charge in [-0.3, -0.25) is 0 Å². The zero-order chi connectivity index (χ0) is 14.9. The molecule has 2 aliphatic rings. The van der Waals surface area contributed by atoms with Crippen LogP contribution in [0.5, 0.6) is 0 Å². The Morgan fingerprint density at radius 1 is 1.29 bits per heavy atom. The van der Waals surface area contributed by atoms with Crippen molar-refractivity contribution in [2.24, 2.45) is 5.92 Å². The molecule has 2 fully saturated rings. The summed E-state index contributed by atoms with van der Waals surface area (Å²) in [4.78, 5) is 4.75. The van der Waals surface area contributed by atoms with Gasteiger partial charge in [-0.15, -0.1) is 0 Å². The Bertz CT molecular complexity index is 472. The van der Waals surface area contributed by atoms with E-state index < -0.39 is 0 Å². The highest BCUT2D eigenvalue weighted by Crippen LogP contribution is 2.42. The smallest absolute Gasteiger partial charge is 0.232 e. The summed E-state index contributed by atoms with van der Waals surface area (Å²) in [6, 6.07) is 0. The number of rotatable bonds is 4. The van der Waals surface area contributed by atoms with Gasteiger partial charge in [0.05, 0.1) is 0 Å². The highest BCUT2D eigenvalue weighted by Gasteiger charge is 2.43. The first kappa shape index (κ1) is 15.0. The van der Waals surface area contributed by atoms with Crippen LogP contribution in [0.1, 0.15) is 64.1 Å². The number of methoxy groups -OCH3 is 1. The standard InChI is InChI=1S/C16H27N3O2/c1-15(2,12-7-6-10-17-11-12)14-18-13(19-21-14)16(20-3)8-4-5-9-16/h12,17H,4-11H2,1-3H3. The Kier molecular flexibility index (Phi) is 4.06. The first-order valence-corrected chi connectivity index (χ1v) is 8.19. The quantitative estimate of drug-likeness (QED) is 0.925. The van der Waals surface area contributed by atoms with Gasteiger partial charge in [-0.25, -0.2) is 0 Å². The molecule has 21 heavy (non-hydrogen) atoms. The Labute approximate surface area is 126 Å². The summed E-state index contributed by atoms with van der Waals surface area (Å²) >= 11 is 0. The van der Waals surface area contributed by atoms with E-state index in [9.17, 15) is 0 Å². The van der Waals surface area contributed by atoms with Crippen LogP contribution in [0.3, 0.4) is 0 Å². The van der Waals surface area contributed by atoms with Gasteiger partial charge in [-0.1, -0.05) is 19.0 Å². The average Bonchev–Trinajstić information content (AvgIpc) is 3.18. The number of nitrogens with zero attached hydrogens (tertiary/aromatic N) is 2. The molecule has 3 rings (SSSR count). The van der Waals surface area contributed by atoms with Crippen LogP contribution in [-0.2, 0) is 15.8 Å². The van der Waals surface area contributed by atoms with E-state index >= 15 is 0 Å². The van der Waals surface area contributed by atoms with Crippen molar-refractivity contribution in [1.29, 1.82) is 0 Å². The highest BCUT2D eigenvalue weighted by molar-refractivity contribution is 5.10. The van der Waals surface area contributed by atoms with Crippen molar-refractivity contribution in [3.05, 3.63) is 11.7 Å². The molecule has 0 radical (unpaired) electrons. The number of nitrogens with one attached hydrogen (secondary N) is 1. The summed E-state index contributed by atoms with van der Waals surface area (Å²) in [5, 5.41) is 7.75. The van der Waals surface area contributed by atoms with E-state index in [4.69, 9.17) is 14.2 Å². The van der Waals surface area contributed by atoms with Gasteiger partial charge in [-0.05, 0) is 57.5 Å². The fourth-order valence-corrected chi connectivity index (χ4v) is 3.78. The van der Waals surface area contributed by atoms with E-state index in [2.05, 4.69) is 24.3 Å². The Morgan fingerprint density at radius 3 is 2.67 bits per heavy atom. The van der Waals surface area contributed by atoms with Crippen LogP contribution in [0.15, 0.2) is 4.52 Å². The van der Waals surface area contributed by atoms with Crippen molar-refractivity contribution >= 4 is 0 Å². The van der Waals surface area contributed by atoms with E-state index in [1.54, 1.807) is 7.11 Å². The van der Waals surface area contributed by atoms with Crippen LogP contribution < -0.4 is 5.32 Å². The Balaban J connectivity index is 1.83. The molecule has 1 atom stereocenters. The summed E-state index contributed by atoms with van der Waals surface area (Å²) in [5.74, 6) is 2.05. The van der Waals surface area contributed by atoms with Gasteiger partial charge in [0.15, 0.2) is 0 Å². The maximum absolute atomic E-state index is 5.76. The van der Waals surface area contributed by atoms with Gasteiger partial charge < -0.3 is 14.6 Å². The van der Waals surface area contributed by atoms with E-state index in [0.29, 0.717) is 5.92 Å². The van der Waals surface area contributed by atoms with Crippen molar-refractivity contribution in [2.75, 3.05) is 20.2 Å². The van der Waals surface area contributed by atoms with Crippen molar-refractivity contribution in [1.82, 2.24) is 15.5 Å². The predicted molar refractivity (Wildman–Crippen MR) is 80.1 cm³/mol. The van der Waals surface area contributed by atoms with Crippen molar-refractivity contribution in [3.63, 3.8) is 0 Å². The fraction of sp³-hybridized carbons (Fsp3) is 0.875. The molecule has 5 heteroatoms. The van der Waals surface area contributed by atoms with Crippen LogP contribution in [0.25, 0.3) is 0 Å². The van der Waals surface area contributed by atoms with E-state index in [-0.39, 0.29) is 11.0 Å². The molecule has 1 aromatic rings. The second-order valence-electron chi connectivity index (χ2n) is 7.09. The molecule has 1 aliphatic carbocycles. The molecule has 1 unspecified atom stereocenters. The molecule has 1 saturated carbocycles. The van der Waals surface area contributed by atoms with Crippen LogP contribution >= 0.6 is 0 Å². The summed E-state index contributed by atoms with van der Waals surface area (Å²) in [5.41, 5.74) is -0.408. The number of piperidine rings is 1. The first-order chi connectivity index (χ1) is 10.1. The molecule has 1 saturated heterocycles. The monoisotopic (exact) mass is 293 g/mol. The molecule has 5 nitrogen and oxygen atoms in total. The highest BCUT2D eigenvalue weighted by atomic mass is 16.5. The third kappa shape index (κ3) is 2.61. The summed E-state index contributed by atoms with van der Waals surface area (Å²) < 4.78 is 11.4. The number of ether oxygens (including phenoxy) is 1. The lowest BCUT2D eigenvalue weighted by Crippen LogP contribution is -2.41. The average molecular weight is 293 g/mol. The van der Waals surface area contributed by atoms with Gasteiger partial charge >= 0.3 is 0 Å². The summed E-state index contributed by atoms with van der Waals surface area (Å²) in [6.45, 7) is 6.58. The normalized spacial score (nSPS) is 26.1. The first-order valence-electron chi connectivity index (χ1n) is 8.19. The molecule has 1 aliphatic heterocycles. The SMILES string of the molecule is COC1(c2noc(C(C)(C)C3CCCNC3)n2)CCCC1. The van der Waals surface area contributed by atoms with Crippen molar-refractivity contribution in [2.45, 2.75) is 63.4 Å². The minimum Gasteiger partial charge on any atom is -0.370 e. The van der Waals surface area contributed by atoms with E-state index in [1.165, 1.54) is 25.7 Å². The van der Waals surface area contributed by atoms with Gasteiger partial charge in [0, 0.05) is 12.5 Å². The second-order valence-corrected chi connectivity index (χ2v) is 7.09. The maximum atomic E-state index is 5.76. The van der Waals surface area contributed by atoms with Gasteiger partial charge in [-0.2, -0.15) is 4.98 Å². The summed E-state index contributed by atoms with van der Waals surface area (Å²) in [6.07, 6.45) is 6.77. The van der Waals surface area contributed by atoms with E-state index in [0.717, 1.165) is 37.6 Å². The van der Waals surface area contributed by atoms with Crippen LogP contribution in [0.4, 0.5) is 0 Å². The largest absolute Gasteiger partial charge is 0.370 e. The molecule has 1 N–H and O–H groups in total. The lowest BCUT2D eigenvalue weighted by Gasteiger charge is -2.34. The lowest BCUT2D eigenvalue weighted by molar-refractivity contribution is -0.0178. The Hall–Kier alpha value is -0.940. The molecule has 2 heterocycles. The van der Waals surface area contributed by atoms with Crippen molar-refractivity contribution in [3.8, 4) is 0 Å². The minimum absolute atomic E-state index is 0.0911. The zero-order valence-electron chi connectivity index (χ0n) is 13.4. The minimum atomic E-state index is -0.317. The number of hydrogen-bond donors (Lipinski definition) is 1. The molecule has 0 aromatic carbocycles. The third-order valence-electron chi connectivity index (χ3n) is 5.50. The van der Waals surface area contributed by atoms with Crippen LogP contribution in [0, 0.1) is 5.92 Å². The van der Waals surface area contributed by atoms with Gasteiger partial charge in [0.25, 0.3) is 0 Å². The van der Waals surface area contributed by atoms with E-state index in [1.807, 2.05) is 0 Å². The second kappa shape index (κ2) is 5.69. The molecule has 0 amide bonds. The van der Waals surface area contributed by atoms with Crippen LogP contribution in [-0.4, -0.2) is 30.3 Å². The molecule has 1 aromatic heterocycles. The molecular formula is C16H27N3O2. The van der Waals surface area contributed by atoms with Crippen LogP contribution in [0.2, 0.25) is 0 Å². The number of hydrogen-bond acceptors (Lipinski definition) is 5. The van der Waals surface area contributed by atoms with Gasteiger partial charge in [0.1, 0.15) is 5.60 Å². The maximum Gasteiger partial charge on any atom is 0.232 e. The van der Waals surface area contributed by atoms with Crippen molar-refractivity contribution < 1.29 is 9.26 Å². The molecule has 0 spiro atoms. The third-order valence-corrected chi connectivity index (χ3v) is 5.50. The van der Waals surface area contributed by atoms with Gasteiger partial charge in [0.2, 0.25) is 11.7 Å². The Morgan fingerprint density at radius 2 is 2.05 bits per heavy atom. The number of aromatic nitrogens is 2. The zero-order valence-corrected chi connectivity index (χ0v) is 13.4. The molecular weight excluding hydrogens is 266 g/mol. The predicted octanol–water partition coefficient (Wildman–Crippen LogP) is 2.76. The summed E-state index contributed by atoms with van der Waals surface area (Å²) in [7, 11) is 1.76. The fourth-order valence-electron chi connectivity index (χ4n) is 3.78.